The average molecular weight is 325 g/mol. The largest absolute Gasteiger partial charge is 0.372 e. The summed E-state index contributed by atoms with van der Waals surface area (Å²) in [5.41, 5.74) is 0.908. The van der Waals surface area contributed by atoms with Crippen LogP contribution in [0.25, 0.3) is 0 Å². The quantitative estimate of drug-likeness (QED) is 0.737. The molecular weight excluding hydrogens is 306 g/mol. The maximum absolute atomic E-state index is 13.0. The summed E-state index contributed by atoms with van der Waals surface area (Å²) in [4.78, 5) is 0.295. The second-order valence-corrected chi connectivity index (χ2v) is 7.87. The van der Waals surface area contributed by atoms with Crippen molar-refractivity contribution in [3.63, 3.8) is 0 Å². The van der Waals surface area contributed by atoms with Crippen LogP contribution < -0.4 is 0 Å². The molecule has 0 radical (unpaired) electrons. The smallest absolute Gasteiger partial charge is 0.245 e. The van der Waals surface area contributed by atoms with E-state index in [9.17, 15) is 8.42 Å². The van der Waals surface area contributed by atoms with Gasteiger partial charge in [-0.2, -0.15) is 4.31 Å². The Hall–Kier alpha value is -0.990. The Morgan fingerprint density at radius 1 is 1.32 bits per heavy atom. The van der Waals surface area contributed by atoms with Crippen molar-refractivity contribution in [2.75, 3.05) is 19.8 Å². The van der Waals surface area contributed by atoms with Crippen LogP contribution in [0.15, 0.2) is 29.2 Å². The summed E-state index contributed by atoms with van der Waals surface area (Å²) in [7, 11) is -3.59. The highest BCUT2D eigenvalue weighted by Gasteiger charge is 2.41. The first-order chi connectivity index (χ1) is 10.6. The summed E-state index contributed by atoms with van der Waals surface area (Å²) < 4.78 is 43.4. The number of ether oxygens (including phenoxy) is 3. The van der Waals surface area contributed by atoms with Crippen LogP contribution in [0.1, 0.15) is 25.0 Å². The van der Waals surface area contributed by atoms with E-state index in [1.165, 1.54) is 4.31 Å². The topological polar surface area (TPSA) is 71.7 Å². The average Bonchev–Trinajstić information content (AvgIpc) is 3.34. The lowest BCUT2D eigenvalue weighted by Crippen LogP contribution is -2.49. The van der Waals surface area contributed by atoms with Crippen LogP contribution in [0.4, 0.5) is 0 Å². The van der Waals surface area contributed by atoms with Crippen molar-refractivity contribution in [2.45, 2.75) is 42.8 Å². The molecule has 0 bridgehead atoms. The van der Waals surface area contributed by atoms with Gasteiger partial charge in [-0.3, -0.25) is 0 Å². The van der Waals surface area contributed by atoms with E-state index in [1.807, 2.05) is 13.0 Å². The van der Waals surface area contributed by atoms with Gasteiger partial charge in [0.2, 0.25) is 10.0 Å². The summed E-state index contributed by atoms with van der Waals surface area (Å²) >= 11 is 0. The molecule has 3 saturated heterocycles. The molecule has 4 atom stereocenters. The van der Waals surface area contributed by atoms with Crippen molar-refractivity contribution in [1.29, 1.82) is 0 Å². The van der Waals surface area contributed by atoms with Gasteiger partial charge in [-0.1, -0.05) is 12.1 Å². The third-order valence-electron chi connectivity index (χ3n) is 4.29. The van der Waals surface area contributed by atoms with Gasteiger partial charge in [-0.15, -0.1) is 0 Å². The Morgan fingerprint density at radius 3 is 2.59 bits per heavy atom. The fourth-order valence-electron chi connectivity index (χ4n) is 2.72. The van der Waals surface area contributed by atoms with Crippen molar-refractivity contribution >= 4 is 10.0 Å². The summed E-state index contributed by atoms with van der Waals surface area (Å²) in [5, 5.41) is 0. The number of sulfonamides is 1. The van der Waals surface area contributed by atoms with E-state index >= 15 is 0 Å². The van der Waals surface area contributed by atoms with E-state index in [4.69, 9.17) is 14.2 Å². The maximum atomic E-state index is 13.0. The number of hydrogen-bond acceptors (Lipinski definition) is 5. The molecule has 3 heterocycles. The fourth-order valence-corrected chi connectivity index (χ4v) is 4.36. The van der Waals surface area contributed by atoms with Gasteiger partial charge >= 0.3 is 0 Å². The van der Waals surface area contributed by atoms with Crippen LogP contribution in [-0.4, -0.2) is 50.9 Å². The number of epoxide rings is 2. The minimum Gasteiger partial charge on any atom is -0.372 e. The molecule has 0 aliphatic carbocycles. The molecule has 0 aromatic heterocycles. The normalized spacial score (nSPS) is 33.5. The molecule has 7 heteroatoms. The van der Waals surface area contributed by atoms with Crippen molar-refractivity contribution < 1.29 is 22.6 Å². The molecular formula is C15H19NO5S. The highest BCUT2D eigenvalue weighted by molar-refractivity contribution is 7.89. The number of nitrogens with zero attached hydrogens (tertiary/aromatic N) is 1. The Balaban J connectivity index is 1.62. The van der Waals surface area contributed by atoms with Gasteiger partial charge in [0, 0.05) is 13.0 Å². The zero-order valence-corrected chi connectivity index (χ0v) is 13.2. The Bertz CT molecular complexity index is 668. The van der Waals surface area contributed by atoms with E-state index in [1.54, 1.807) is 18.2 Å². The highest BCUT2D eigenvalue weighted by Crippen LogP contribution is 2.39. The molecule has 4 unspecified atom stereocenters. The van der Waals surface area contributed by atoms with Crippen LogP contribution in [0.3, 0.4) is 0 Å². The Morgan fingerprint density at radius 2 is 2.05 bits per heavy atom. The third kappa shape index (κ3) is 2.68. The van der Waals surface area contributed by atoms with Gasteiger partial charge < -0.3 is 14.2 Å². The summed E-state index contributed by atoms with van der Waals surface area (Å²) in [6, 6.07) is 7.01. The van der Waals surface area contributed by atoms with E-state index in [2.05, 4.69) is 0 Å². The van der Waals surface area contributed by atoms with E-state index in [0.717, 1.165) is 12.0 Å². The third-order valence-corrected chi connectivity index (χ3v) is 6.14. The van der Waals surface area contributed by atoms with Gasteiger partial charge in [-0.25, -0.2) is 8.42 Å². The van der Waals surface area contributed by atoms with Crippen molar-refractivity contribution in [2.24, 2.45) is 0 Å². The van der Waals surface area contributed by atoms with E-state index in [0.29, 0.717) is 24.7 Å². The predicted octanol–water partition coefficient (Wildman–Crippen LogP) is 1.28. The van der Waals surface area contributed by atoms with Crippen LogP contribution in [-0.2, 0) is 24.2 Å². The monoisotopic (exact) mass is 325 g/mol. The SMILES string of the molecule is CC1OC1c1cccc(S(=O)(=O)N(CC2CO2)C2CCO2)c1. The molecule has 6 nitrogen and oxygen atoms in total. The predicted molar refractivity (Wildman–Crippen MR) is 77.7 cm³/mol. The number of hydrogen-bond donors (Lipinski definition) is 0. The van der Waals surface area contributed by atoms with Crippen LogP contribution in [0.2, 0.25) is 0 Å². The van der Waals surface area contributed by atoms with Crippen molar-refractivity contribution in [3.05, 3.63) is 29.8 Å². The first kappa shape index (κ1) is 14.6. The van der Waals surface area contributed by atoms with Gasteiger partial charge in [0.05, 0.1) is 30.3 Å². The standard InChI is InChI=1S/C15H19NO5S/c1-10-15(21-10)11-3-2-4-13(7-11)22(17,18)16(8-12-9-20-12)14-5-6-19-14/h2-4,7,10,12,14-15H,5-6,8-9H2,1H3. The minimum absolute atomic E-state index is 0.00561. The number of rotatable bonds is 6. The lowest BCUT2D eigenvalue weighted by Gasteiger charge is -2.36. The van der Waals surface area contributed by atoms with Gasteiger partial charge in [0.25, 0.3) is 0 Å². The van der Waals surface area contributed by atoms with Crippen LogP contribution in [0, 0.1) is 0 Å². The summed E-state index contributed by atoms with van der Waals surface area (Å²) in [6.45, 7) is 3.56. The van der Waals surface area contributed by atoms with Crippen LogP contribution >= 0.6 is 0 Å². The first-order valence-electron chi connectivity index (χ1n) is 7.56. The zero-order chi connectivity index (χ0) is 15.3. The molecule has 0 saturated carbocycles. The molecule has 4 rings (SSSR count). The molecule has 0 spiro atoms. The van der Waals surface area contributed by atoms with Crippen molar-refractivity contribution in [1.82, 2.24) is 4.31 Å². The van der Waals surface area contributed by atoms with Gasteiger partial charge in [0.1, 0.15) is 12.3 Å². The summed E-state index contributed by atoms with van der Waals surface area (Å²) in [6.07, 6.45) is 0.524. The number of benzene rings is 1. The van der Waals surface area contributed by atoms with Crippen molar-refractivity contribution in [3.8, 4) is 0 Å². The second-order valence-electron chi connectivity index (χ2n) is 5.98. The first-order valence-corrected chi connectivity index (χ1v) is 9.00. The van der Waals surface area contributed by atoms with Crippen LogP contribution in [0.5, 0.6) is 0 Å². The highest BCUT2D eigenvalue weighted by atomic mass is 32.2. The molecule has 120 valence electrons. The fraction of sp³-hybridized carbons (Fsp3) is 0.600. The Kier molecular flexibility index (Phi) is 3.50. The molecule has 0 amide bonds. The van der Waals surface area contributed by atoms with Gasteiger partial charge in [-0.05, 0) is 24.6 Å². The molecule has 1 aromatic carbocycles. The Labute approximate surface area is 130 Å². The molecule has 3 aliphatic heterocycles. The molecule has 0 N–H and O–H groups in total. The molecule has 1 aromatic rings. The van der Waals surface area contributed by atoms with Gasteiger partial charge in [0.15, 0.2) is 0 Å². The lowest BCUT2D eigenvalue weighted by molar-refractivity contribution is -0.113. The molecule has 3 aliphatic rings. The molecule has 3 fully saturated rings. The molecule has 22 heavy (non-hydrogen) atoms. The van der Waals surface area contributed by atoms with E-state index < -0.39 is 10.0 Å². The minimum atomic E-state index is -3.59. The summed E-state index contributed by atoms with van der Waals surface area (Å²) in [5.74, 6) is 0. The van der Waals surface area contributed by atoms with E-state index in [-0.39, 0.29) is 24.5 Å². The maximum Gasteiger partial charge on any atom is 0.245 e. The lowest BCUT2D eigenvalue weighted by atomic mass is 10.1. The second kappa shape index (κ2) is 5.28. The zero-order valence-electron chi connectivity index (χ0n) is 12.3.